The van der Waals surface area contributed by atoms with Crippen molar-refractivity contribution in [1.29, 1.82) is 0 Å². The molecule has 1 heterocycles. The second-order valence-electron chi connectivity index (χ2n) is 3.79. The van der Waals surface area contributed by atoms with Gasteiger partial charge < -0.3 is 10.4 Å². The highest BCUT2D eigenvalue weighted by molar-refractivity contribution is 9.10. The highest BCUT2D eigenvalue weighted by Gasteiger charge is 2.30. The van der Waals surface area contributed by atoms with Gasteiger partial charge in [-0.3, -0.25) is 0 Å². The lowest BCUT2D eigenvalue weighted by Crippen LogP contribution is -2.39. The first-order valence-corrected chi connectivity index (χ1v) is 5.69. The third-order valence-electron chi connectivity index (χ3n) is 2.79. The standard InChI is InChI=1S/C11H14BrNO.ClH/c12-10-3-1-2-9(8-10)11(14)4-6-13-7-5-11;/h1-3,8,13-14H,4-7H2;1H. The minimum absolute atomic E-state index is 0. The number of halogens is 2. The molecule has 0 unspecified atom stereocenters. The van der Waals surface area contributed by atoms with Gasteiger partial charge in [-0.1, -0.05) is 28.1 Å². The number of hydrogen-bond donors (Lipinski definition) is 2. The molecule has 15 heavy (non-hydrogen) atoms. The van der Waals surface area contributed by atoms with E-state index in [-0.39, 0.29) is 12.4 Å². The van der Waals surface area contributed by atoms with Crippen LogP contribution in [-0.2, 0) is 5.60 Å². The van der Waals surface area contributed by atoms with E-state index in [1.54, 1.807) is 0 Å². The van der Waals surface area contributed by atoms with Gasteiger partial charge >= 0.3 is 0 Å². The normalized spacial score (nSPS) is 19.3. The second kappa shape index (κ2) is 5.30. The Morgan fingerprint density at radius 1 is 1.27 bits per heavy atom. The van der Waals surface area contributed by atoms with Crippen molar-refractivity contribution in [3.8, 4) is 0 Å². The summed E-state index contributed by atoms with van der Waals surface area (Å²) in [5.41, 5.74) is 0.392. The average molecular weight is 293 g/mol. The predicted molar refractivity (Wildman–Crippen MR) is 67.4 cm³/mol. The van der Waals surface area contributed by atoms with Gasteiger partial charge in [-0.15, -0.1) is 12.4 Å². The van der Waals surface area contributed by atoms with E-state index < -0.39 is 5.60 Å². The number of aliphatic hydroxyl groups is 1. The molecule has 0 aromatic heterocycles. The Morgan fingerprint density at radius 2 is 1.93 bits per heavy atom. The zero-order chi connectivity index (χ0) is 10.0. The maximum atomic E-state index is 10.4. The van der Waals surface area contributed by atoms with E-state index >= 15 is 0 Å². The molecule has 0 aliphatic carbocycles. The van der Waals surface area contributed by atoms with Crippen molar-refractivity contribution in [3.05, 3.63) is 34.3 Å². The fourth-order valence-electron chi connectivity index (χ4n) is 1.91. The number of benzene rings is 1. The van der Waals surface area contributed by atoms with Crippen molar-refractivity contribution in [1.82, 2.24) is 5.32 Å². The summed E-state index contributed by atoms with van der Waals surface area (Å²) in [6.45, 7) is 1.78. The van der Waals surface area contributed by atoms with Crippen LogP contribution in [0.2, 0.25) is 0 Å². The molecule has 0 bridgehead atoms. The summed E-state index contributed by atoms with van der Waals surface area (Å²) in [6.07, 6.45) is 1.59. The minimum atomic E-state index is -0.630. The Morgan fingerprint density at radius 3 is 2.53 bits per heavy atom. The predicted octanol–water partition coefficient (Wildman–Crippen LogP) is 2.44. The van der Waals surface area contributed by atoms with Gasteiger partial charge in [-0.25, -0.2) is 0 Å². The van der Waals surface area contributed by atoms with Crippen molar-refractivity contribution >= 4 is 28.3 Å². The van der Waals surface area contributed by atoms with E-state index in [0.29, 0.717) is 0 Å². The molecule has 84 valence electrons. The quantitative estimate of drug-likeness (QED) is 0.833. The van der Waals surface area contributed by atoms with E-state index in [4.69, 9.17) is 0 Å². The molecule has 1 aliphatic rings. The molecule has 1 aliphatic heterocycles. The maximum absolute atomic E-state index is 10.4. The summed E-state index contributed by atoms with van der Waals surface area (Å²) in [7, 11) is 0. The van der Waals surface area contributed by atoms with Gasteiger partial charge in [-0.2, -0.15) is 0 Å². The number of rotatable bonds is 1. The van der Waals surface area contributed by atoms with Crippen LogP contribution in [0.3, 0.4) is 0 Å². The first kappa shape index (κ1) is 13.0. The lowest BCUT2D eigenvalue weighted by atomic mass is 9.85. The summed E-state index contributed by atoms with van der Waals surface area (Å²) < 4.78 is 1.03. The molecule has 0 atom stereocenters. The van der Waals surface area contributed by atoms with Crippen LogP contribution in [0.4, 0.5) is 0 Å². The molecular formula is C11H15BrClNO. The number of hydrogen-bond acceptors (Lipinski definition) is 2. The van der Waals surface area contributed by atoms with E-state index in [9.17, 15) is 5.11 Å². The fraction of sp³-hybridized carbons (Fsp3) is 0.455. The lowest BCUT2D eigenvalue weighted by Gasteiger charge is -2.33. The van der Waals surface area contributed by atoms with Gasteiger partial charge in [0.1, 0.15) is 0 Å². The maximum Gasteiger partial charge on any atom is 0.0921 e. The van der Waals surface area contributed by atoms with Crippen LogP contribution in [0, 0.1) is 0 Å². The van der Waals surface area contributed by atoms with E-state index in [0.717, 1.165) is 36.0 Å². The van der Waals surface area contributed by atoms with Crippen LogP contribution >= 0.6 is 28.3 Å². The zero-order valence-corrected chi connectivity index (χ0v) is 10.8. The monoisotopic (exact) mass is 291 g/mol. The third-order valence-corrected chi connectivity index (χ3v) is 3.29. The summed E-state index contributed by atoms with van der Waals surface area (Å²) in [5, 5.41) is 13.7. The smallest absolute Gasteiger partial charge is 0.0921 e. The van der Waals surface area contributed by atoms with Crippen molar-refractivity contribution in [2.24, 2.45) is 0 Å². The second-order valence-corrected chi connectivity index (χ2v) is 4.71. The third kappa shape index (κ3) is 2.94. The molecule has 1 fully saturated rings. The fourth-order valence-corrected chi connectivity index (χ4v) is 2.31. The molecule has 2 nitrogen and oxygen atoms in total. The molecule has 0 radical (unpaired) electrons. The Balaban J connectivity index is 0.00000112. The number of nitrogens with one attached hydrogen (secondary N) is 1. The molecular weight excluding hydrogens is 277 g/mol. The SMILES string of the molecule is Cl.OC1(c2cccc(Br)c2)CCNCC1. The lowest BCUT2D eigenvalue weighted by molar-refractivity contribution is 0.00589. The Kier molecular flexibility index (Phi) is 4.59. The Hall–Kier alpha value is -0.0900. The van der Waals surface area contributed by atoms with Crippen molar-refractivity contribution in [3.63, 3.8) is 0 Å². The van der Waals surface area contributed by atoms with Crippen molar-refractivity contribution in [2.45, 2.75) is 18.4 Å². The highest BCUT2D eigenvalue weighted by Crippen LogP contribution is 2.31. The summed E-state index contributed by atoms with van der Waals surface area (Å²) in [4.78, 5) is 0. The Labute approximate surface area is 105 Å². The summed E-state index contributed by atoms with van der Waals surface area (Å²) >= 11 is 3.43. The topological polar surface area (TPSA) is 32.3 Å². The average Bonchev–Trinajstić information content (AvgIpc) is 2.19. The summed E-state index contributed by atoms with van der Waals surface area (Å²) in [5.74, 6) is 0. The molecule has 2 rings (SSSR count). The van der Waals surface area contributed by atoms with Crippen LogP contribution in [-0.4, -0.2) is 18.2 Å². The van der Waals surface area contributed by atoms with Crippen LogP contribution in [0.1, 0.15) is 18.4 Å². The molecule has 1 saturated heterocycles. The molecule has 1 aromatic carbocycles. The first-order chi connectivity index (χ1) is 6.71. The van der Waals surface area contributed by atoms with Crippen molar-refractivity contribution in [2.75, 3.05) is 13.1 Å². The molecule has 0 spiro atoms. The summed E-state index contributed by atoms with van der Waals surface area (Å²) in [6, 6.07) is 7.95. The van der Waals surface area contributed by atoms with Crippen LogP contribution in [0.15, 0.2) is 28.7 Å². The number of piperidine rings is 1. The first-order valence-electron chi connectivity index (χ1n) is 4.90. The van der Waals surface area contributed by atoms with Gasteiger partial charge in [-0.05, 0) is 43.6 Å². The van der Waals surface area contributed by atoms with Crippen molar-refractivity contribution < 1.29 is 5.11 Å². The van der Waals surface area contributed by atoms with Gasteiger partial charge in [0.25, 0.3) is 0 Å². The van der Waals surface area contributed by atoms with Gasteiger partial charge in [0.2, 0.25) is 0 Å². The molecule has 0 amide bonds. The van der Waals surface area contributed by atoms with E-state index in [2.05, 4.69) is 21.2 Å². The largest absolute Gasteiger partial charge is 0.385 e. The molecule has 4 heteroatoms. The zero-order valence-electron chi connectivity index (χ0n) is 8.37. The van der Waals surface area contributed by atoms with Gasteiger partial charge in [0, 0.05) is 4.47 Å². The molecule has 0 saturated carbocycles. The highest BCUT2D eigenvalue weighted by atomic mass is 79.9. The molecule has 1 aromatic rings. The van der Waals surface area contributed by atoms with Gasteiger partial charge in [0.05, 0.1) is 5.60 Å². The van der Waals surface area contributed by atoms with E-state index in [1.807, 2.05) is 24.3 Å². The molecule has 2 N–H and O–H groups in total. The van der Waals surface area contributed by atoms with E-state index in [1.165, 1.54) is 0 Å². The van der Waals surface area contributed by atoms with Crippen LogP contribution in [0.25, 0.3) is 0 Å². The van der Waals surface area contributed by atoms with Gasteiger partial charge in [0.15, 0.2) is 0 Å². The van der Waals surface area contributed by atoms with Crippen LogP contribution in [0.5, 0.6) is 0 Å². The minimum Gasteiger partial charge on any atom is -0.385 e. The Bertz CT molecular complexity index is 326. The van der Waals surface area contributed by atoms with Crippen LogP contribution < -0.4 is 5.32 Å².